The summed E-state index contributed by atoms with van der Waals surface area (Å²) in [6.07, 6.45) is 0. The molecule has 0 heterocycles. The van der Waals surface area contributed by atoms with Crippen molar-refractivity contribution in [3.8, 4) is 0 Å². The van der Waals surface area contributed by atoms with Crippen molar-refractivity contribution in [2.24, 2.45) is 0 Å². The fourth-order valence-electron chi connectivity index (χ4n) is 1.86. The average Bonchev–Trinajstić information content (AvgIpc) is 2.43. The van der Waals surface area contributed by atoms with Gasteiger partial charge in [0.05, 0.1) is 18.4 Å². The van der Waals surface area contributed by atoms with Gasteiger partial charge in [0.15, 0.2) is 0 Å². The Kier molecular flexibility index (Phi) is 5.04. The Morgan fingerprint density at radius 2 is 1.95 bits per heavy atom. The van der Waals surface area contributed by atoms with Gasteiger partial charge in [0, 0.05) is 16.6 Å². The topological polar surface area (TPSA) is 38.3 Å². The van der Waals surface area contributed by atoms with Crippen molar-refractivity contribution < 1.29 is 13.9 Å². The predicted octanol–water partition coefficient (Wildman–Crippen LogP) is 4.53. The van der Waals surface area contributed by atoms with Crippen LogP contribution in [0, 0.1) is 5.82 Å². The number of ether oxygens (including phenoxy) is 1. The van der Waals surface area contributed by atoms with E-state index in [1.807, 2.05) is 0 Å². The standard InChI is InChI=1S/C15H12Cl2FNO2/c1-21-15(20)13-3-2-10(16)7-14(13)19-8-9-4-11(17)6-12(18)5-9/h2-7,19H,8H2,1H3. The highest BCUT2D eigenvalue weighted by atomic mass is 35.5. The van der Waals surface area contributed by atoms with Crippen LogP contribution in [0.25, 0.3) is 0 Å². The van der Waals surface area contributed by atoms with Crippen molar-refractivity contribution in [3.63, 3.8) is 0 Å². The van der Waals surface area contributed by atoms with Crippen molar-refractivity contribution in [1.82, 2.24) is 0 Å². The molecule has 21 heavy (non-hydrogen) atoms. The van der Waals surface area contributed by atoms with E-state index in [9.17, 15) is 9.18 Å². The number of nitrogens with one attached hydrogen (secondary N) is 1. The van der Waals surface area contributed by atoms with Crippen LogP contribution in [-0.4, -0.2) is 13.1 Å². The third kappa shape index (κ3) is 4.09. The number of carbonyl (C=O) groups excluding carboxylic acids is 1. The van der Waals surface area contributed by atoms with Gasteiger partial charge in [-0.3, -0.25) is 0 Å². The van der Waals surface area contributed by atoms with Crippen molar-refractivity contribution >= 4 is 34.9 Å². The zero-order chi connectivity index (χ0) is 15.4. The van der Waals surface area contributed by atoms with E-state index in [0.29, 0.717) is 33.4 Å². The lowest BCUT2D eigenvalue weighted by atomic mass is 10.1. The van der Waals surface area contributed by atoms with Crippen molar-refractivity contribution in [3.05, 3.63) is 63.4 Å². The highest BCUT2D eigenvalue weighted by Gasteiger charge is 2.12. The lowest BCUT2D eigenvalue weighted by Crippen LogP contribution is -2.08. The van der Waals surface area contributed by atoms with Gasteiger partial charge in [-0.25, -0.2) is 9.18 Å². The molecule has 2 rings (SSSR count). The fraction of sp³-hybridized carbons (Fsp3) is 0.133. The fourth-order valence-corrected chi connectivity index (χ4v) is 2.28. The quantitative estimate of drug-likeness (QED) is 0.838. The minimum absolute atomic E-state index is 0.293. The van der Waals surface area contributed by atoms with Gasteiger partial charge in [0.1, 0.15) is 5.82 Å². The Labute approximate surface area is 131 Å². The molecule has 0 radical (unpaired) electrons. The van der Waals surface area contributed by atoms with Crippen molar-refractivity contribution in [2.75, 3.05) is 12.4 Å². The van der Waals surface area contributed by atoms with E-state index in [1.165, 1.54) is 19.2 Å². The van der Waals surface area contributed by atoms with Gasteiger partial charge >= 0.3 is 5.97 Å². The molecule has 0 saturated heterocycles. The number of halogens is 3. The molecule has 0 aliphatic carbocycles. The van der Waals surface area contributed by atoms with E-state index in [4.69, 9.17) is 27.9 Å². The number of benzene rings is 2. The van der Waals surface area contributed by atoms with E-state index in [-0.39, 0.29) is 0 Å². The van der Waals surface area contributed by atoms with E-state index in [1.54, 1.807) is 24.3 Å². The molecule has 0 atom stereocenters. The number of esters is 1. The minimum Gasteiger partial charge on any atom is -0.465 e. The monoisotopic (exact) mass is 327 g/mol. The van der Waals surface area contributed by atoms with Gasteiger partial charge in [-0.2, -0.15) is 0 Å². The largest absolute Gasteiger partial charge is 0.465 e. The summed E-state index contributed by atoms with van der Waals surface area (Å²) < 4.78 is 18.0. The average molecular weight is 328 g/mol. The molecule has 0 aromatic heterocycles. The molecule has 0 bridgehead atoms. The van der Waals surface area contributed by atoms with Crippen molar-refractivity contribution in [2.45, 2.75) is 6.54 Å². The molecule has 3 nitrogen and oxygen atoms in total. The summed E-state index contributed by atoms with van der Waals surface area (Å²) in [5, 5.41) is 3.82. The van der Waals surface area contributed by atoms with Gasteiger partial charge in [-0.15, -0.1) is 0 Å². The molecule has 0 spiro atoms. The molecular formula is C15H12Cl2FNO2. The maximum absolute atomic E-state index is 13.3. The second kappa shape index (κ2) is 6.78. The molecule has 0 unspecified atom stereocenters. The van der Waals surface area contributed by atoms with Crippen LogP contribution in [0.5, 0.6) is 0 Å². The van der Waals surface area contributed by atoms with E-state index in [0.717, 1.165) is 0 Å². The molecule has 2 aromatic rings. The Hall–Kier alpha value is -1.78. The van der Waals surface area contributed by atoms with Gasteiger partial charge in [-0.05, 0) is 42.0 Å². The summed E-state index contributed by atoms with van der Waals surface area (Å²) in [5.41, 5.74) is 1.51. The number of hydrogen-bond acceptors (Lipinski definition) is 3. The molecule has 0 saturated carbocycles. The summed E-state index contributed by atoms with van der Waals surface area (Å²) in [5.74, 6) is -0.898. The summed E-state index contributed by atoms with van der Waals surface area (Å²) in [6.45, 7) is 0.293. The third-order valence-electron chi connectivity index (χ3n) is 2.79. The van der Waals surface area contributed by atoms with Crippen LogP contribution in [0.2, 0.25) is 10.0 Å². The lowest BCUT2D eigenvalue weighted by molar-refractivity contribution is 0.0602. The Morgan fingerprint density at radius 1 is 1.19 bits per heavy atom. The Balaban J connectivity index is 2.22. The highest BCUT2D eigenvalue weighted by Crippen LogP contribution is 2.23. The van der Waals surface area contributed by atoms with Crippen molar-refractivity contribution in [1.29, 1.82) is 0 Å². The van der Waals surface area contributed by atoms with Crippen LogP contribution in [-0.2, 0) is 11.3 Å². The second-order valence-corrected chi connectivity index (χ2v) is 5.19. The number of anilines is 1. The SMILES string of the molecule is COC(=O)c1ccc(Cl)cc1NCc1cc(F)cc(Cl)c1. The molecule has 0 amide bonds. The van der Waals surface area contributed by atoms with E-state index >= 15 is 0 Å². The molecular weight excluding hydrogens is 316 g/mol. The number of methoxy groups -OCH3 is 1. The molecule has 2 aromatic carbocycles. The third-order valence-corrected chi connectivity index (χ3v) is 3.25. The Morgan fingerprint density at radius 3 is 2.62 bits per heavy atom. The summed E-state index contributed by atoms with van der Waals surface area (Å²) in [4.78, 5) is 11.7. The summed E-state index contributed by atoms with van der Waals surface area (Å²) >= 11 is 11.7. The zero-order valence-corrected chi connectivity index (χ0v) is 12.6. The van der Waals surface area contributed by atoms with Gasteiger partial charge in [0.2, 0.25) is 0 Å². The molecule has 110 valence electrons. The molecule has 0 aliphatic heterocycles. The predicted molar refractivity (Wildman–Crippen MR) is 81.5 cm³/mol. The molecule has 1 N–H and O–H groups in total. The normalized spacial score (nSPS) is 10.3. The first-order valence-corrected chi connectivity index (χ1v) is 6.82. The van der Waals surface area contributed by atoms with Gasteiger partial charge in [-0.1, -0.05) is 23.2 Å². The first kappa shape index (κ1) is 15.6. The van der Waals surface area contributed by atoms with E-state index in [2.05, 4.69) is 5.32 Å². The smallest absolute Gasteiger partial charge is 0.339 e. The van der Waals surface area contributed by atoms with E-state index < -0.39 is 11.8 Å². The van der Waals surface area contributed by atoms with Crippen LogP contribution in [0.1, 0.15) is 15.9 Å². The number of rotatable bonds is 4. The van der Waals surface area contributed by atoms with Crippen LogP contribution >= 0.6 is 23.2 Å². The first-order valence-electron chi connectivity index (χ1n) is 6.06. The highest BCUT2D eigenvalue weighted by molar-refractivity contribution is 6.31. The summed E-state index contributed by atoms with van der Waals surface area (Å²) in [6, 6.07) is 8.99. The zero-order valence-electron chi connectivity index (χ0n) is 11.1. The van der Waals surface area contributed by atoms with Crippen LogP contribution in [0.3, 0.4) is 0 Å². The van der Waals surface area contributed by atoms with Crippen LogP contribution in [0.15, 0.2) is 36.4 Å². The van der Waals surface area contributed by atoms with Gasteiger partial charge in [0.25, 0.3) is 0 Å². The first-order chi connectivity index (χ1) is 9.99. The maximum Gasteiger partial charge on any atom is 0.339 e. The molecule has 6 heteroatoms. The molecule has 0 aliphatic rings. The molecule has 0 fully saturated rings. The second-order valence-electron chi connectivity index (χ2n) is 4.31. The lowest BCUT2D eigenvalue weighted by Gasteiger charge is -2.11. The minimum atomic E-state index is -0.480. The summed E-state index contributed by atoms with van der Waals surface area (Å²) in [7, 11) is 1.30. The van der Waals surface area contributed by atoms with Gasteiger partial charge < -0.3 is 10.1 Å². The number of carbonyl (C=O) groups is 1. The van der Waals surface area contributed by atoms with Crippen LogP contribution in [0.4, 0.5) is 10.1 Å². The maximum atomic E-state index is 13.3. The van der Waals surface area contributed by atoms with Crippen LogP contribution < -0.4 is 5.32 Å². The number of hydrogen-bond donors (Lipinski definition) is 1. The Bertz CT molecular complexity index is 656.